The highest BCUT2D eigenvalue weighted by Gasteiger charge is 2.38. The summed E-state index contributed by atoms with van der Waals surface area (Å²) in [4.78, 5) is 36.0. The number of sulfonamides is 1. The average molecular weight is 460 g/mol. The number of methoxy groups -OCH3 is 1. The molecule has 0 amide bonds. The molecule has 0 N–H and O–H groups in total. The fraction of sp³-hybridized carbons (Fsp3) is 0.348. The predicted octanol–water partition coefficient (Wildman–Crippen LogP) is 2.96. The summed E-state index contributed by atoms with van der Waals surface area (Å²) in [7, 11) is -2.66. The van der Waals surface area contributed by atoms with Crippen molar-refractivity contribution in [2.24, 2.45) is 0 Å². The molecule has 0 aromatic heterocycles. The SMILES string of the molecule is COC(=O)c1cccc(COC(=O)C2CCCCN2S(=O)(=O)c2ccc(C(C)=O)cc2)c1. The van der Waals surface area contributed by atoms with E-state index in [-0.39, 0.29) is 23.8 Å². The number of carbonyl (C=O) groups is 3. The van der Waals surface area contributed by atoms with E-state index in [1.807, 2.05) is 0 Å². The van der Waals surface area contributed by atoms with Crippen LogP contribution in [0.15, 0.2) is 53.4 Å². The largest absolute Gasteiger partial charge is 0.465 e. The van der Waals surface area contributed by atoms with Gasteiger partial charge in [0.05, 0.1) is 17.6 Å². The Morgan fingerprint density at radius 3 is 2.41 bits per heavy atom. The van der Waals surface area contributed by atoms with Crippen LogP contribution in [-0.2, 0) is 30.9 Å². The van der Waals surface area contributed by atoms with Gasteiger partial charge in [-0.15, -0.1) is 0 Å². The molecule has 8 nitrogen and oxygen atoms in total. The molecule has 0 spiro atoms. The number of nitrogens with zero attached hydrogens (tertiary/aromatic N) is 1. The standard InChI is InChI=1S/C23H25NO7S/c1-16(25)18-9-11-20(12-10-18)32(28,29)24-13-4-3-8-21(24)23(27)31-15-17-6-5-7-19(14-17)22(26)30-2/h5-7,9-12,14,21H,3-4,8,13,15H2,1-2H3. The zero-order valence-corrected chi connectivity index (χ0v) is 18.8. The van der Waals surface area contributed by atoms with Crippen LogP contribution in [0.25, 0.3) is 0 Å². The zero-order valence-electron chi connectivity index (χ0n) is 17.9. The molecule has 9 heteroatoms. The van der Waals surface area contributed by atoms with Gasteiger partial charge in [0.25, 0.3) is 0 Å². The second-order valence-electron chi connectivity index (χ2n) is 7.51. The number of carbonyl (C=O) groups excluding carboxylic acids is 3. The highest BCUT2D eigenvalue weighted by Crippen LogP contribution is 2.27. The molecule has 1 heterocycles. The molecule has 2 aromatic rings. The molecule has 0 bridgehead atoms. The van der Waals surface area contributed by atoms with Crippen molar-refractivity contribution < 1.29 is 32.3 Å². The first-order valence-corrected chi connectivity index (χ1v) is 11.6. The van der Waals surface area contributed by atoms with Crippen molar-refractivity contribution in [1.82, 2.24) is 4.31 Å². The van der Waals surface area contributed by atoms with Crippen LogP contribution in [0.4, 0.5) is 0 Å². The fourth-order valence-electron chi connectivity index (χ4n) is 3.58. The third kappa shape index (κ3) is 5.23. The third-order valence-corrected chi connectivity index (χ3v) is 7.24. The monoisotopic (exact) mass is 459 g/mol. The van der Waals surface area contributed by atoms with Gasteiger partial charge in [0, 0.05) is 12.1 Å². The average Bonchev–Trinajstić information content (AvgIpc) is 2.82. The van der Waals surface area contributed by atoms with Crippen LogP contribution >= 0.6 is 0 Å². The van der Waals surface area contributed by atoms with Gasteiger partial charge in [-0.3, -0.25) is 9.59 Å². The van der Waals surface area contributed by atoms with Crippen molar-refractivity contribution in [1.29, 1.82) is 0 Å². The molecule has 1 fully saturated rings. The summed E-state index contributed by atoms with van der Waals surface area (Å²) in [5.41, 5.74) is 1.33. The normalized spacial score (nSPS) is 16.9. The van der Waals surface area contributed by atoms with Crippen LogP contribution in [0, 0.1) is 0 Å². The molecular weight excluding hydrogens is 434 g/mol. The number of ether oxygens (including phenoxy) is 2. The van der Waals surface area contributed by atoms with Crippen molar-refractivity contribution in [2.45, 2.75) is 43.7 Å². The number of ketones is 1. The maximum atomic E-state index is 13.2. The summed E-state index contributed by atoms with van der Waals surface area (Å²) in [6.07, 6.45) is 1.69. The summed E-state index contributed by atoms with van der Waals surface area (Å²) < 4.78 is 37.7. The van der Waals surface area contributed by atoms with E-state index in [0.717, 1.165) is 0 Å². The summed E-state index contributed by atoms with van der Waals surface area (Å²) in [5, 5.41) is 0. The molecule has 1 atom stereocenters. The lowest BCUT2D eigenvalue weighted by molar-refractivity contribution is -0.150. The van der Waals surface area contributed by atoms with Gasteiger partial charge in [0.15, 0.2) is 5.78 Å². The molecule has 0 aliphatic carbocycles. The van der Waals surface area contributed by atoms with Gasteiger partial charge in [-0.2, -0.15) is 4.31 Å². The lowest BCUT2D eigenvalue weighted by atomic mass is 10.1. The van der Waals surface area contributed by atoms with Crippen molar-refractivity contribution in [3.8, 4) is 0 Å². The highest BCUT2D eigenvalue weighted by molar-refractivity contribution is 7.89. The summed E-state index contributed by atoms with van der Waals surface area (Å²) in [5.74, 6) is -1.31. The minimum absolute atomic E-state index is 0.0213. The van der Waals surface area contributed by atoms with E-state index in [4.69, 9.17) is 4.74 Å². The van der Waals surface area contributed by atoms with E-state index in [9.17, 15) is 22.8 Å². The van der Waals surface area contributed by atoms with Crippen molar-refractivity contribution in [3.63, 3.8) is 0 Å². The first-order valence-electron chi connectivity index (χ1n) is 10.2. The number of hydrogen-bond acceptors (Lipinski definition) is 7. The van der Waals surface area contributed by atoms with Crippen LogP contribution in [0.1, 0.15) is 52.5 Å². The molecule has 3 rings (SSSR count). The first-order chi connectivity index (χ1) is 15.2. The van der Waals surface area contributed by atoms with Gasteiger partial charge in [0.2, 0.25) is 10.0 Å². The van der Waals surface area contributed by atoms with Crippen LogP contribution in [-0.4, -0.2) is 50.1 Å². The Kier molecular flexibility index (Phi) is 7.42. The minimum atomic E-state index is -3.94. The number of esters is 2. The Hall–Kier alpha value is -3.04. The van der Waals surface area contributed by atoms with Crippen molar-refractivity contribution in [2.75, 3.05) is 13.7 Å². The third-order valence-electron chi connectivity index (χ3n) is 5.32. The summed E-state index contributed by atoms with van der Waals surface area (Å²) >= 11 is 0. The van der Waals surface area contributed by atoms with Crippen LogP contribution in [0.2, 0.25) is 0 Å². The molecule has 1 aliphatic rings. The summed E-state index contributed by atoms with van der Waals surface area (Å²) in [6, 6.07) is 11.2. The quantitative estimate of drug-likeness (QED) is 0.463. The molecule has 1 aliphatic heterocycles. The van der Waals surface area contributed by atoms with Crippen molar-refractivity contribution in [3.05, 3.63) is 65.2 Å². The topological polar surface area (TPSA) is 107 Å². The molecule has 2 aromatic carbocycles. The number of piperidine rings is 1. The molecular formula is C23H25NO7S. The smallest absolute Gasteiger partial charge is 0.337 e. The zero-order chi connectivity index (χ0) is 23.3. The Bertz CT molecular complexity index is 1110. The Morgan fingerprint density at radius 1 is 1.03 bits per heavy atom. The maximum Gasteiger partial charge on any atom is 0.337 e. The van der Waals surface area contributed by atoms with Gasteiger partial charge >= 0.3 is 11.9 Å². The lowest BCUT2D eigenvalue weighted by Gasteiger charge is -2.33. The Labute approximate surface area is 187 Å². The van der Waals surface area contributed by atoms with E-state index in [1.165, 1.54) is 42.6 Å². The van der Waals surface area contributed by atoms with E-state index in [2.05, 4.69) is 4.74 Å². The molecule has 0 radical (unpaired) electrons. The second kappa shape index (κ2) is 10.1. The van der Waals surface area contributed by atoms with E-state index < -0.39 is 28.0 Å². The number of benzene rings is 2. The van der Waals surface area contributed by atoms with Gasteiger partial charge in [-0.1, -0.05) is 24.3 Å². The molecule has 0 saturated carbocycles. The fourth-order valence-corrected chi connectivity index (χ4v) is 5.23. The van der Waals surface area contributed by atoms with Gasteiger partial charge < -0.3 is 9.47 Å². The van der Waals surface area contributed by atoms with E-state index in [0.29, 0.717) is 36.0 Å². The minimum Gasteiger partial charge on any atom is -0.465 e. The van der Waals surface area contributed by atoms with Crippen molar-refractivity contribution >= 4 is 27.7 Å². The molecule has 170 valence electrons. The lowest BCUT2D eigenvalue weighted by Crippen LogP contribution is -2.48. The van der Waals surface area contributed by atoms with Gasteiger partial charge in [-0.05, 0) is 56.0 Å². The van der Waals surface area contributed by atoms with Crippen LogP contribution < -0.4 is 0 Å². The van der Waals surface area contributed by atoms with E-state index in [1.54, 1.807) is 24.3 Å². The second-order valence-corrected chi connectivity index (χ2v) is 9.40. The summed E-state index contributed by atoms with van der Waals surface area (Å²) in [6.45, 7) is 1.51. The van der Waals surface area contributed by atoms with Gasteiger partial charge in [-0.25, -0.2) is 13.2 Å². The molecule has 1 saturated heterocycles. The molecule has 1 unspecified atom stereocenters. The Morgan fingerprint density at radius 2 is 1.75 bits per heavy atom. The van der Waals surface area contributed by atoms with E-state index >= 15 is 0 Å². The van der Waals surface area contributed by atoms with Gasteiger partial charge in [0.1, 0.15) is 12.6 Å². The van der Waals surface area contributed by atoms with Crippen LogP contribution in [0.3, 0.4) is 0 Å². The van der Waals surface area contributed by atoms with Crippen LogP contribution in [0.5, 0.6) is 0 Å². The predicted molar refractivity (Wildman–Crippen MR) is 116 cm³/mol. The Balaban J connectivity index is 1.75. The molecule has 32 heavy (non-hydrogen) atoms. The first kappa shape index (κ1) is 23.6. The number of Topliss-reactive ketones (excluding diaryl/α,β-unsaturated/α-hetero) is 1. The number of rotatable bonds is 7. The number of hydrogen-bond donors (Lipinski definition) is 0. The maximum absolute atomic E-state index is 13.2. The highest BCUT2D eigenvalue weighted by atomic mass is 32.2.